The number of carboxylic acids is 1. The van der Waals surface area contributed by atoms with Gasteiger partial charge in [-0.05, 0) is 26.7 Å². The summed E-state index contributed by atoms with van der Waals surface area (Å²) in [5.74, 6) is -0.939. The number of nitrogens with zero attached hydrogens (tertiary/aromatic N) is 1. The van der Waals surface area contributed by atoms with Crippen LogP contribution in [-0.2, 0) is 9.53 Å². The van der Waals surface area contributed by atoms with Gasteiger partial charge in [0.15, 0.2) is 0 Å². The lowest BCUT2D eigenvalue weighted by molar-refractivity contribution is -0.143. The molecule has 0 saturated carbocycles. The van der Waals surface area contributed by atoms with E-state index in [-0.39, 0.29) is 6.04 Å². The van der Waals surface area contributed by atoms with Crippen LogP contribution in [0.2, 0.25) is 0 Å². The lowest BCUT2D eigenvalue weighted by Gasteiger charge is -2.41. The van der Waals surface area contributed by atoms with E-state index in [4.69, 9.17) is 15.6 Å². The molecule has 1 saturated heterocycles. The van der Waals surface area contributed by atoms with Crippen molar-refractivity contribution in [3.63, 3.8) is 0 Å². The first kappa shape index (κ1) is 14.4. The number of nitrogens with two attached hydrogens (primary N) is 1. The third-order valence-electron chi connectivity index (χ3n) is 3.52. The summed E-state index contributed by atoms with van der Waals surface area (Å²) in [4.78, 5) is 13.3. The Kier molecular flexibility index (Phi) is 4.91. The molecular weight excluding hydrogens is 220 g/mol. The standard InChI is InChI=1S/C12H24N2O3/c1-4-10-8-17-6-5-14(10)9(2)7-12(3,13)11(15)16/h9-10H,4-8,13H2,1-3H3,(H,15,16). The van der Waals surface area contributed by atoms with Crippen molar-refractivity contribution in [3.8, 4) is 0 Å². The van der Waals surface area contributed by atoms with Crippen LogP contribution in [0, 0.1) is 0 Å². The van der Waals surface area contributed by atoms with Crippen LogP contribution in [0.4, 0.5) is 0 Å². The molecule has 1 aliphatic heterocycles. The average molecular weight is 244 g/mol. The van der Waals surface area contributed by atoms with Gasteiger partial charge < -0.3 is 15.6 Å². The zero-order chi connectivity index (χ0) is 13.1. The zero-order valence-corrected chi connectivity index (χ0v) is 11.0. The molecule has 0 bridgehead atoms. The molecule has 0 aromatic rings. The van der Waals surface area contributed by atoms with Crippen molar-refractivity contribution in [2.75, 3.05) is 19.8 Å². The Balaban J connectivity index is 2.61. The van der Waals surface area contributed by atoms with E-state index in [0.717, 1.165) is 26.2 Å². The second-order valence-corrected chi connectivity index (χ2v) is 5.15. The molecule has 1 fully saturated rings. The number of hydrogen-bond acceptors (Lipinski definition) is 4. The van der Waals surface area contributed by atoms with Crippen molar-refractivity contribution < 1.29 is 14.6 Å². The number of aliphatic carboxylic acids is 1. The molecule has 17 heavy (non-hydrogen) atoms. The molecule has 100 valence electrons. The van der Waals surface area contributed by atoms with E-state index in [1.54, 1.807) is 6.92 Å². The summed E-state index contributed by atoms with van der Waals surface area (Å²) >= 11 is 0. The van der Waals surface area contributed by atoms with Crippen LogP contribution in [0.5, 0.6) is 0 Å². The first-order valence-corrected chi connectivity index (χ1v) is 6.24. The SMILES string of the molecule is CCC1COCCN1C(C)CC(C)(N)C(=O)O. The third-order valence-corrected chi connectivity index (χ3v) is 3.52. The van der Waals surface area contributed by atoms with E-state index in [1.165, 1.54) is 0 Å². The maximum absolute atomic E-state index is 11.0. The predicted octanol–water partition coefficient (Wildman–Crippen LogP) is 0.678. The van der Waals surface area contributed by atoms with E-state index in [2.05, 4.69) is 11.8 Å². The minimum absolute atomic E-state index is 0.162. The largest absolute Gasteiger partial charge is 0.480 e. The molecule has 1 rings (SSSR count). The van der Waals surface area contributed by atoms with E-state index >= 15 is 0 Å². The summed E-state index contributed by atoms with van der Waals surface area (Å²) in [5.41, 5.74) is 4.64. The highest BCUT2D eigenvalue weighted by Gasteiger charge is 2.34. The van der Waals surface area contributed by atoms with E-state index in [1.807, 2.05) is 6.92 Å². The van der Waals surface area contributed by atoms with Gasteiger partial charge in [0.1, 0.15) is 5.54 Å². The van der Waals surface area contributed by atoms with Crippen molar-refractivity contribution >= 4 is 5.97 Å². The van der Waals surface area contributed by atoms with Gasteiger partial charge in [-0.15, -0.1) is 0 Å². The van der Waals surface area contributed by atoms with Crippen LogP contribution in [0.1, 0.15) is 33.6 Å². The highest BCUT2D eigenvalue weighted by atomic mass is 16.5. The average Bonchev–Trinajstić information content (AvgIpc) is 2.28. The van der Waals surface area contributed by atoms with Gasteiger partial charge in [0, 0.05) is 18.6 Å². The maximum atomic E-state index is 11.0. The summed E-state index contributed by atoms with van der Waals surface area (Å²) in [5, 5.41) is 9.04. The number of carboxylic acid groups (broad SMARTS) is 1. The first-order valence-electron chi connectivity index (χ1n) is 6.24. The van der Waals surface area contributed by atoms with Gasteiger partial charge in [-0.2, -0.15) is 0 Å². The molecule has 0 aromatic carbocycles. The van der Waals surface area contributed by atoms with Gasteiger partial charge >= 0.3 is 5.97 Å². The lowest BCUT2D eigenvalue weighted by atomic mass is 9.93. The topological polar surface area (TPSA) is 75.8 Å². The summed E-state index contributed by atoms with van der Waals surface area (Å²) in [6.07, 6.45) is 1.47. The Morgan fingerprint density at radius 1 is 1.71 bits per heavy atom. The number of morpholine rings is 1. The van der Waals surface area contributed by atoms with E-state index in [9.17, 15) is 4.79 Å². The van der Waals surface area contributed by atoms with Gasteiger partial charge in [-0.3, -0.25) is 9.69 Å². The Morgan fingerprint density at radius 2 is 2.35 bits per heavy atom. The van der Waals surface area contributed by atoms with E-state index < -0.39 is 11.5 Å². The Morgan fingerprint density at radius 3 is 2.88 bits per heavy atom. The number of hydrogen-bond donors (Lipinski definition) is 2. The smallest absolute Gasteiger partial charge is 0.323 e. The number of ether oxygens (including phenoxy) is 1. The summed E-state index contributed by atoms with van der Waals surface area (Å²) in [6.45, 7) is 8.05. The minimum Gasteiger partial charge on any atom is -0.480 e. The molecule has 0 radical (unpaired) electrons. The normalized spacial score (nSPS) is 27.4. The molecule has 3 N–H and O–H groups in total. The zero-order valence-electron chi connectivity index (χ0n) is 11.0. The Bertz CT molecular complexity index is 268. The van der Waals surface area contributed by atoms with E-state index in [0.29, 0.717) is 12.5 Å². The van der Waals surface area contributed by atoms with Crippen LogP contribution in [0.15, 0.2) is 0 Å². The van der Waals surface area contributed by atoms with Crippen molar-refractivity contribution in [2.45, 2.75) is 51.2 Å². The minimum atomic E-state index is -1.16. The third kappa shape index (κ3) is 3.66. The highest BCUT2D eigenvalue weighted by molar-refractivity contribution is 5.77. The molecule has 3 unspecified atom stereocenters. The second-order valence-electron chi connectivity index (χ2n) is 5.15. The highest BCUT2D eigenvalue weighted by Crippen LogP contribution is 2.20. The van der Waals surface area contributed by atoms with Gasteiger partial charge in [-0.1, -0.05) is 6.92 Å². The predicted molar refractivity (Wildman–Crippen MR) is 65.9 cm³/mol. The second kappa shape index (κ2) is 5.80. The maximum Gasteiger partial charge on any atom is 0.323 e. The summed E-state index contributed by atoms with van der Waals surface area (Å²) < 4.78 is 5.44. The molecule has 5 heteroatoms. The van der Waals surface area contributed by atoms with Gasteiger partial charge in [-0.25, -0.2) is 0 Å². The monoisotopic (exact) mass is 244 g/mol. The molecule has 1 aliphatic rings. The van der Waals surface area contributed by atoms with Crippen molar-refractivity contribution in [2.24, 2.45) is 5.73 Å². The fourth-order valence-corrected chi connectivity index (χ4v) is 2.42. The molecule has 5 nitrogen and oxygen atoms in total. The van der Waals surface area contributed by atoms with Crippen LogP contribution >= 0.6 is 0 Å². The quantitative estimate of drug-likeness (QED) is 0.743. The molecule has 0 aromatic heterocycles. The fourth-order valence-electron chi connectivity index (χ4n) is 2.42. The van der Waals surface area contributed by atoms with Crippen molar-refractivity contribution in [1.82, 2.24) is 4.90 Å². The van der Waals surface area contributed by atoms with Gasteiger partial charge in [0.05, 0.1) is 13.2 Å². The molecule has 0 aliphatic carbocycles. The molecule has 0 spiro atoms. The number of carbonyl (C=O) groups is 1. The van der Waals surface area contributed by atoms with Crippen LogP contribution in [0.3, 0.4) is 0 Å². The van der Waals surface area contributed by atoms with Crippen LogP contribution in [-0.4, -0.2) is 53.4 Å². The number of rotatable bonds is 5. The van der Waals surface area contributed by atoms with Crippen LogP contribution in [0.25, 0.3) is 0 Å². The summed E-state index contributed by atoms with van der Waals surface area (Å²) in [7, 11) is 0. The first-order chi connectivity index (χ1) is 7.88. The Labute approximate surface area is 103 Å². The lowest BCUT2D eigenvalue weighted by Crippen LogP contribution is -2.55. The fraction of sp³-hybridized carbons (Fsp3) is 0.917. The molecule has 3 atom stereocenters. The van der Waals surface area contributed by atoms with Gasteiger partial charge in [0.2, 0.25) is 0 Å². The molecular formula is C12H24N2O3. The Hall–Kier alpha value is -0.650. The molecule has 1 heterocycles. The van der Waals surface area contributed by atoms with Crippen molar-refractivity contribution in [3.05, 3.63) is 0 Å². The van der Waals surface area contributed by atoms with Gasteiger partial charge in [0.25, 0.3) is 0 Å². The summed E-state index contributed by atoms with van der Waals surface area (Å²) in [6, 6.07) is 0.540. The van der Waals surface area contributed by atoms with Crippen LogP contribution < -0.4 is 5.73 Å². The molecule has 0 amide bonds. The van der Waals surface area contributed by atoms with Crippen molar-refractivity contribution in [1.29, 1.82) is 0 Å².